The van der Waals surface area contributed by atoms with Crippen molar-refractivity contribution in [3.05, 3.63) is 42.2 Å². The molecule has 34 heavy (non-hydrogen) atoms. The number of nitrogens with one attached hydrogen (secondary N) is 2. The van der Waals surface area contributed by atoms with E-state index in [1.165, 1.54) is 13.3 Å². The van der Waals surface area contributed by atoms with Crippen LogP contribution in [-0.4, -0.2) is 44.0 Å². The molecule has 0 amide bonds. The molecule has 3 fully saturated rings. The molecule has 10 heteroatoms. The van der Waals surface area contributed by atoms with Crippen LogP contribution in [0.1, 0.15) is 25.7 Å². The van der Waals surface area contributed by atoms with E-state index in [4.69, 9.17) is 30.7 Å². The minimum absolute atomic E-state index is 0.0443. The molecule has 3 saturated carbocycles. The normalized spacial score (nSPS) is 23.8. The average Bonchev–Trinajstić information content (AvgIpc) is 3.54. The summed E-state index contributed by atoms with van der Waals surface area (Å²) in [6.07, 6.45) is 10.8. The number of carbonyl (C=O) groups is 1. The topological polar surface area (TPSA) is 119 Å². The third kappa shape index (κ3) is 3.60. The van der Waals surface area contributed by atoms with E-state index in [1.54, 1.807) is 18.7 Å². The first-order valence-corrected chi connectivity index (χ1v) is 11.7. The molecule has 7 rings (SSSR count). The smallest absolute Gasteiger partial charge is 0.311 e. The summed E-state index contributed by atoms with van der Waals surface area (Å²) in [4.78, 5) is 34.1. The third-order valence-electron chi connectivity index (χ3n) is 7.14. The molecule has 0 aromatic carbocycles. The van der Waals surface area contributed by atoms with E-state index in [0.29, 0.717) is 45.9 Å². The van der Waals surface area contributed by atoms with E-state index in [1.807, 2.05) is 12.1 Å². The molecule has 3 aliphatic rings. The van der Waals surface area contributed by atoms with Crippen LogP contribution in [0.2, 0.25) is 5.15 Å². The number of halogens is 1. The number of H-pyrrole nitrogens is 1. The van der Waals surface area contributed by atoms with Crippen LogP contribution in [0, 0.1) is 17.8 Å². The molecule has 4 aromatic heterocycles. The van der Waals surface area contributed by atoms with Crippen molar-refractivity contribution in [3.63, 3.8) is 0 Å². The zero-order chi connectivity index (χ0) is 23.2. The van der Waals surface area contributed by atoms with Crippen molar-refractivity contribution in [1.29, 1.82) is 0 Å². The van der Waals surface area contributed by atoms with Crippen molar-refractivity contribution in [1.82, 2.24) is 24.9 Å². The van der Waals surface area contributed by atoms with E-state index in [-0.39, 0.29) is 23.1 Å². The summed E-state index contributed by atoms with van der Waals surface area (Å²) in [7, 11) is 1.46. The van der Waals surface area contributed by atoms with Gasteiger partial charge in [0, 0.05) is 23.9 Å². The predicted octanol–water partition coefficient (Wildman–Crippen LogP) is 4.72. The van der Waals surface area contributed by atoms with Crippen LogP contribution in [0.5, 0.6) is 0 Å². The summed E-state index contributed by atoms with van der Waals surface area (Å²) in [5.41, 5.74) is 3.40. The van der Waals surface area contributed by atoms with E-state index in [0.717, 1.165) is 31.2 Å². The molecule has 0 radical (unpaired) electrons. The Kier molecular flexibility index (Phi) is 5.21. The maximum atomic E-state index is 12.7. The van der Waals surface area contributed by atoms with E-state index >= 15 is 0 Å². The lowest BCUT2D eigenvalue weighted by atomic mass is 9.61. The highest BCUT2D eigenvalue weighted by atomic mass is 35.5. The van der Waals surface area contributed by atoms with Crippen LogP contribution in [0.3, 0.4) is 0 Å². The number of anilines is 1. The van der Waals surface area contributed by atoms with Crippen molar-refractivity contribution < 1.29 is 13.9 Å². The highest BCUT2D eigenvalue weighted by Gasteiger charge is 2.48. The maximum absolute atomic E-state index is 12.7. The standard InChI is InChI=1S/C24H23ClN6O3/c1-33-24(32)19-12-2-4-13(5-3-12)20(19)30-18-8-16(14-6-7-34-11-14)28-22(31-18)15-9-26-23-21(15)29-17(25)10-27-23/h6-13,19-20H,2-5H2,1H3,(H,26,27)(H,28,30,31). The molecule has 174 valence electrons. The lowest BCUT2D eigenvalue weighted by molar-refractivity contribution is -0.152. The number of rotatable bonds is 5. The largest absolute Gasteiger partial charge is 0.472 e. The summed E-state index contributed by atoms with van der Waals surface area (Å²) in [6, 6.07) is 3.69. The zero-order valence-corrected chi connectivity index (χ0v) is 19.2. The molecule has 4 heterocycles. The Labute approximate surface area is 200 Å². The third-order valence-corrected chi connectivity index (χ3v) is 7.32. The van der Waals surface area contributed by atoms with Crippen molar-refractivity contribution in [2.24, 2.45) is 17.8 Å². The van der Waals surface area contributed by atoms with Gasteiger partial charge in [-0.05, 0) is 43.6 Å². The minimum Gasteiger partial charge on any atom is -0.472 e. The lowest BCUT2D eigenvalue weighted by Crippen LogP contribution is -2.51. The quantitative estimate of drug-likeness (QED) is 0.395. The number of nitrogens with zero attached hydrogens (tertiary/aromatic N) is 4. The molecule has 0 spiro atoms. The van der Waals surface area contributed by atoms with Gasteiger partial charge < -0.3 is 19.5 Å². The fraction of sp³-hybridized carbons (Fsp3) is 0.375. The highest BCUT2D eigenvalue weighted by molar-refractivity contribution is 6.29. The van der Waals surface area contributed by atoms with E-state index in [9.17, 15) is 4.79 Å². The number of hydrogen-bond acceptors (Lipinski definition) is 8. The number of furan rings is 1. The van der Waals surface area contributed by atoms with Crippen LogP contribution in [-0.2, 0) is 9.53 Å². The van der Waals surface area contributed by atoms with Gasteiger partial charge in [-0.2, -0.15) is 0 Å². The maximum Gasteiger partial charge on any atom is 0.311 e. The fourth-order valence-corrected chi connectivity index (χ4v) is 5.68. The van der Waals surface area contributed by atoms with Gasteiger partial charge in [0.25, 0.3) is 0 Å². The SMILES string of the molecule is COC(=O)C1C2CCC(CC2)C1Nc1cc(-c2ccoc2)nc(-c2c[nH]c3ncc(Cl)nc23)n1. The Hall–Kier alpha value is -3.46. The van der Waals surface area contributed by atoms with Gasteiger partial charge in [-0.15, -0.1) is 0 Å². The van der Waals surface area contributed by atoms with Crippen molar-refractivity contribution >= 4 is 34.6 Å². The van der Waals surface area contributed by atoms with Gasteiger partial charge in [0.15, 0.2) is 11.5 Å². The van der Waals surface area contributed by atoms with E-state index < -0.39 is 0 Å². The number of hydrogen-bond donors (Lipinski definition) is 2. The Bertz CT molecular complexity index is 1350. The number of carbonyl (C=O) groups excluding carboxylic acids is 1. The van der Waals surface area contributed by atoms with Crippen LogP contribution in [0.25, 0.3) is 33.8 Å². The van der Waals surface area contributed by atoms with Gasteiger partial charge in [0.2, 0.25) is 0 Å². The fourth-order valence-electron chi connectivity index (χ4n) is 5.54. The average molecular weight is 479 g/mol. The Morgan fingerprint density at radius 2 is 2.03 bits per heavy atom. The van der Waals surface area contributed by atoms with Crippen LogP contribution in [0.4, 0.5) is 5.82 Å². The second-order valence-corrected chi connectivity index (χ2v) is 9.35. The molecule has 9 nitrogen and oxygen atoms in total. The van der Waals surface area contributed by atoms with Crippen LogP contribution < -0.4 is 5.32 Å². The zero-order valence-electron chi connectivity index (χ0n) is 18.5. The Morgan fingerprint density at radius 3 is 2.79 bits per heavy atom. The number of aromatic amines is 1. The molecule has 2 unspecified atom stereocenters. The summed E-state index contributed by atoms with van der Waals surface area (Å²) in [5, 5.41) is 3.88. The minimum atomic E-state index is -0.189. The molecular formula is C24H23ClN6O3. The van der Waals surface area contributed by atoms with Crippen LogP contribution in [0.15, 0.2) is 41.5 Å². The Balaban J connectivity index is 1.44. The van der Waals surface area contributed by atoms with Gasteiger partial charge in [-0.25, -0.2) is 19.9 Å². The van der Waals surface area contributed by atoms with Crippen molar-refractivity contribution in [3.8, 4) is 22.6 Å². The monoisotopic (exact) mass is 478 g/mol. The molecule has 2 atom stereocenters. The molecule has 4 aromatic rings. The summed E-state index contributed by atoms with van der Waals surface area (Å²) in [5.74, 6) is 1.48. The summed E-state index contributed by atoms with van der Waals surface area (Å²) >= 11 is 6.11. The summed E-state index contributed by atoms with van der Waals surface area (Å²) in [6.45, 7) is 0. The molecule has 3 aliphatic carbocycles. The number of aromatic nitrogens is 5. The van der Waals surface area contributed by atoms with Crippen LogP contribution >= 0.6 is 11.6 Å². The first-order valence-electron chi connectivity index (χ1n) is 11.4. The van der Waals surface area contributed by atoms with Crippen molar-refractivity contribution in [2.45, 2.75) is 31.7 Å². The first kappa shape index (κ1) is 21.1. The molecule has 2 N–H and O–H groups in total. The van der Waals surface area contributed by atoms with Crippen molar-refractivity contribution in [2.75, 3.05) is 12.4 Å². The van der Waals surface area contributed by atoms with Gasteiger partial charge in [0.05, 0.1) is 43.0 Å². The second kappa shape index (κ2) is 8.39. The van der Waals surface area contributed by atoms with Gasteiger partial charge in [-0.1, -0.05) is 11.6 Å². The first-order chi connectivity index (χ1) is 16.6. The summed E-state index contributed by atoms with van der Waals surface area (Å²) < 4.78 is 10.5. The van der Waals surface area contributed by atoms with Gasteiger partial charge >= 0.3 is 5.97 Å². The molecule has 0 aliphatic heterocycles. The number of methoxy groups -OCH3 is 1. The molecule has 2 bridgehead atoms. The second-order valence-electron chi connectivity index (χ2n) is 8.96. The Morgan fingerprint density at radius 1 is 1.21 bits per heavy atom. The van der Waals surface area contributed by atoms with Gasteiger partial charge in [-0.3, -0.25) is 4.79 Å². The van der Waals surface area contributed by atoms with E-state index in [2.05, 4.69) is 20.3 Å². The number of ether oxygens (including phenoxy) is 1. The molecule has 0 saturated heterocycles. The lowest BCUT2D eigenvalue weighted by Gasteiger charge is -2.47. The number of esters is 1. The molecular weight excluding hydrogens is 456 g/mol. The predicted molar refractivity (Wildman–Crippen MR) is 126 cm³/mol. The number of fused-ring (bicyclic) bond motifs is 4. The van der Waals surface area contributed by atoms with Gasteiger partial charge in [0.1, 0.15) is 16.5 Å². The highest BCUT2D eigenvalue weighted by Crippen LogP contribution is 2.46.